The van der Waals surface area contributed by atoms with Crippen LogP contribution in [-0.2, 0) is 6.42 Å². The lowest BCUT2D eigenvalue weighted by atomic mass is 10.1. The highest BCUT2D eigenvalue weighted by atomic mass is 32.2. The molecule has 2 rings (SSSR count). The molecule has 0 bridgehead atoms. The fraction of sp³-hybridized carbons (Fsp3) is 0.182. The van der Waals surface area contributed by atoms with Gasteiger partial charge in [-0.2, -0.15) is 0 Å². The molecule has 0 spiro atoms. The van der Waals surface area contributed by atoms with Crippen LogP contribution in [0.3, 0.4) is 0 Å². The van der Waals surface area contributed by atoms with Gasteiger partial charge in [-0.15, -0.1) is 11.8 Å². The molecule has 1 aromatic rings. The lowest BCUT2D eigenvalue weighted by Crippen LogP contribution is -1.82. The van der Waals surface area contributed by atoms with Crippen LogP contribution in [0.5, 0.6) is 0 Å². The first-order chi connectivity index (χ1) is 5.95. The van der Waals surface area contributed by atoms with Gasteiger partial charge in [0.15, 0.2) is 0 Å². The zero-order valence-electron chi connectivity index (χ0n) is 6.86. The Kier molecular flexibility index (Phi) is 2.52. The number of hydrogen-bond donors (Lipinski definition) is 0. The summed E-state index contributed by atoms with van der Waals surface area (Å²) in [5.41, 5.74) is 1.41. The zero-order valence-corrected chi connectivity index (χ0v) is 7.68. The molecule has 0 nitrogen and oxygen atoms in total. The Bertz CT molecular complexity index is 274. The molecule has 1 aliphatic heterocycles. The van der Waals surface area contributed by atoms with Crippen molar-refractivity contribution in [3.63, 3.8) is 0 Å². The van der Waals surface area contributed by atoms with Crippen molar-refractivity contribution in [2.24, 2.45) is 0 Å². The standard InChI is InChI=1S/C11H11S/c1-2-5-10(6-3-1)9-11-7-4-8-12-11/h1-3,5-8H,4,9H2. The molecule has 0 atom stereocenters. The number of rotatable bonds is 2. The molecule has 0 N–H and O–H groups in total. The van der Waals surface area contributed by atoms with Crippen molar-refractivity contribution >= 4 is 11.8 Å². The topological polar surface area (TPSA) is 0 Å². The van der Waals surface area contributed by atoms with Gasteiger partial charge >= 0.3 is 0 Å². The molecule has 0 aromatic heterocycles. The predicted molar refractivity (Wildman–Crippen MR) is 54.7 cm³/mol. The quantitative estimate of drug-likeness (QED) is 0.663. The second-order valence-electron chi connectivity index (χ2n) is 2.85. The summed E-state index contributed by atoms with van der Waals surface area (Å²) < 4.78 is 0. The Hall–Kier alpha value is -0.690. The van der Waals surface area contributed by atoms with E-state index in [1.54, 1.807) is 0 Å². The van der Waals surface area contributed by atoms with Crippen molar-refractivity contribution in [2.75, 3.05) is 0 Å². The van der Waals surface area contributed by atoms with E-state index in [1.807, 2.05) is 11.8 Å². The first kappa shape index (κ1) is 7.93. The molecule has 1 heteroatoms. The lowest BCUT2D eigenvalue weighted by Gasteiger charge is -2.00. The molecule has 0 saturated heterocycles. The molecule has 0 fully saturated rings. The molecule has 1 aromatic carbocycles. The molecular weight excluding hydrogens is 164 g/mol. The van der Waals surface area contributed by atoms with Crippen molar-refractivity contribution < 1.29 is 0 Å². The highest BCUT2D eigenvalue weighted by Gasteiger charge is 2.05. The van der Waals surface area contributed by atoms with Crippen LogP contribution in [0.1, 0.15) is 12.0 Å². The van der Waals surface area contributed by atoms with Crippen molar-refractivity contribution in [2.45, 2.75) is 12.8 Å². The fourth-order valence-corrected chi connectivity index (χ4v) is 2.14. The Morgan fingerprint density at radius 1 is 1.17 bits per heavy atom. The van der Waals surface area contributed by atoms with Gasteiger partial charge in [-0.05, 0) is 16.9 Å². The minimum absolute atomic E-state index is 1.10. The first-order valence-electron chi connectivity index (χ1n) is 4.16. The van der Waals surface area contributed by atoms with E-state index < -0.39 is 0 Å². The van der Waals surface area contributed by atoms with Crippen molar-refractivity contribution in [3.8, 4) is 0 Å². The summed E-state index contributed by atoms with van der Waals surface area (Å²) >= 11 is 1.87. The largest absolute Gasteiger partial charge is 0.126 e. The van der Waals surface area contributed by atoms with E-state index in [0.29, 0.717) is 0 Å². The second-order valence-corrected chi connectivity index (χ2v) is 3.95. The maximum absolute atomic E-state index is 2.30. The van der Waals surface area contributed by atoms with Crippen molar-refractivity contribution in [1.82, 2.24) is 0 Å². The fourth-order valence-electron chi connectivity index (χ4n) is 1.29. The summed E-state index contributed by atoms with van der Waals surface area (Å²) in [7, 11) is 0. The molecule has 0 amide bonds. The van der Waals surface area contributed by atoms with Gasteiger partial charge < -0.3 is 0 Å². The summed E-state index contributed by atoms with van der Waals surface area (Å²) in [4.78, 5) is 1.49. The smallest absolute Gasteiger partial charge is 0.0251 e. The van der Waals surface area contributed by atoms with Crippen LogP contribution >= 0.6 is 11.8 Å². The number of benzene rings is 1. The predicted octanol–water partition coefficient (Wildman–Crippen LogP) is 3.41. The van der Waals surface area contributed by atoms with Crippen LogP contribution in [-0.4, -0.2) is 0 Å². The molecule has 12 heavy (non-hydrogen) atoms. The van der Waals surface area contributed by atoms with Gasteiger partial charge in [-0.1, -0.05) is 36.4 Å². The van der Waals surface area contributed by atoms with E-state index in [-0.39, 0.29) is 0 Å². The van der Waals surface area contributed by atoms with Crippen LogP contribution in [0.25, 0.3) is 0 Å². The van der Waals surface area contributed by atoms with Crippen LogP contribution in [0, 0.1) is 5.75 Å². The maximum Gasteiger partial charge on any atom is 0.0251 e. The van der Waals surface area contributed by atoms with Gasteiger partial charge in [0.25, 0.3) is 0 Å². The summed E-state index contributed by atoms with van der Waals surface area (Å²) in [6.45, 7) is 0. The molecule has 0 unspecified atom stereocenters. The Labute approximate surface area is 77.7 Å². The van der Waals surface area contributed by atoms with Crippen LogP contribution in [0.4, 0.5) is 0 Å². The van der Waals surface area contributed by atoms with Gasteiger partial charge in [-0.3, -0.25) is 0 Å². The summed E-state index contributed by atoms with van der Waals surface area (Å²) in [5, 5.41) is 0. The van der Waals surface area contributed by atoms with Gasteiger partial charge in [-0.25, -0.2) is 0 Å². The number of thioether (sulfide) groups is 1. The number of hydrogen-bond acceptors (Lipinski definition) is 1. The molecule has 61 valence electrons. The molecule has 1 heterocycles. The minimum Gasteiger partial charge on any atom is -0.126 e. The third-order valence-corrected chi connectivity index (χ3v) is 2.87. The average Bonchev–Trinajstić information content (AvgIpc) is 2.59. The van der Waals surface area contributed by atoms with E-state index in [2.05, 4.69) is 42.2 Å². The van der Waals surface area contributed by atoms with E-state index in [1.165, 1.54) is 10.5 Å². The molecular formula is C11H11S. The van der Waals surface area contributed by atoms with Gasteiger partial charge in [0.1, 0.15) is 0 Å². The Balaban J connectivity index is 2.04. The highest BCUT2D eigenvalue weighted by Crippen LogP contribution is 2.31. The van der Waals surface area contributed by atoms with Crippen molar-refractivity contribution in [1.29, 1.82) is 0 Å². The monoisotopic (exact) mass is 175 g/mol. The average molecular weight is 175 g/mol. The number of allylic oxidation sites excluding steroid dienone is 2. The SMILES string of the molecule is [CH]1CC=C(Cc2ccccc2)S1. The van der Waals surface area contributed by atoms with Gasteiger partial charge in [0.05, 0.1) is 0 Å². The maximum atomic E-state index is 2.30. The van der Waals surface area contributed by atoms with Crippen molar-refractivity contribution in [3.05, 3.63) is 52.6 Å². The first-order valence-corrected chi connectivity index (χ1v) is 5.04. The van der Waals surface area contributed by atoms with E-state index in [9.17, 15) is 0 Å². The third kappa shape index (κ3) is 1.92. The normalized spacial score (nSPS) is 16.2. The second kappa shape index (κ2) is 3.81. The van der Waals surface area contributed by atoms with E-state index >= 15 is 0 Å². The highest BCUT2D eigenvalue weighted by molar-refractivity contribution is 8.05. The molecule has 1 aliphatic rings. The molecule has 1 radical (unpaired) electrons. The van der Waals surface area contributed by atoms with Crippen LogP contribution in [0.15, 0.2) is 41.3 Å². The zero-order chi connectivity index (χ0) is 8.23. The van der Waals surface area contributed by atoms with Crippen LogP contribution in [0.2, 0.25) is 0 Å². The lowest BCUT2D eigenvalue weighted by molar-refractivity contribution is 1.23. The van der Waals surface area contributed by atoms with Crippen LogP contribution < -0.4 is 0 Å². The summed E-state index contributed by atoms with van der Waals surface area (Å²) in [6.07, 6.45) is 4.53. The van der Waals surface area contributed by atoms with E-state index in [4.69, 9.17) is 0 Å². The Morgan fingerprint density at radius 2 is 2.00 bits per heavy atom. The Morgan fingerprint density at radius 3 is 2.67 bits per heavy atom. The molecule has 0 aliphatic carbocycles. The molecule has 0 saturated carbocycles. The summed E-state index contributed by atoms with van der Waals surface area (Å²) in [5.74, 6) is 2.25. The van der Waals surface area contributed by atoms with Gasteiger partial charge in [0, 0.05) is 12.2 Å². The third-order valence-electron chi connectivity index (χ3n) is 1.90. The summed E-state index contributed by atoms with van der Waals surface area (Å²) in [6, 6.07) is 10.6. The minimum atomic E-state index is 1.10. The van der Waals surface area contributed by atoms with E-state index in [0.717, 1.165) is 12.8 Å². The van der Waals surface area contributed by atoms with Gasteiger partial charge in [0.2, 0.25) is 0 Å².